The molecule has 0 unspecified atom stereocenters. The molecule has 1 aliphatic heterocycles. The lowest BCUT2D eigenvalue weighted by atomic mass is 9.84. The molecule has 0 radical (unpaired) electrons. The van der Waals surface area contributed by atoms with Crippen LogP contribution in [0.3, 0.4) is 0 Å². The second-order valence-electron chi connectivity index (χ2n) is 8.07. The number of carboxylic acids is 1. The van der Waals surface area contributed by atoms with Crippen LogP contribution in [0.15, 0.2) is 24.3 Å². The summed E-state index contributed by atoms with van der Waals surface area (Å²) < 4.78 is 0. The van der Waals surface area contributed by atoms with E-state index in [0.29, 0.717) is 18.4 Å². The highest BCUT2D eigenvalue weighted by Gasteiger charge is 2.30. The molecule has 1 N–H and O–H groups in total. The van der Waals surface area contributed by atoms with Gasteiger partial charge in [0, 0.05) is 12.5 Å². The third kappa shape index (κ3) is 6.47. The first-order valence-electron chi connectivity index (χ1n) is 10.0. The molecule has 3 heteroatoms. The van der Waals surface area contributed by atoms with Crippen LogP contribution >= 0.6 is 0 Å². The summed E-state index contributed by atoms with van der Waals surface area (Å²) in [4.78, 5) is 13.7. The molecule has 0 aliphatic carbocycles. The summed E-state index contributed by atoms with van der Waals surface area (Å²) in [6.45, 7) is 8.92. The Balaban J connectivity index is 2.07. The topological polar surface area (TPSA) is 40.5 Å². The van der Waals surface area contributed by atoms with Crippen LogP contribution in [0.2, 0.25) is 0 Å². The van der Waals surface area contributed by atoms with Gasteiger partial charge in [0.25, 0.3) is 0 Å². The van der Waals surface area contributed by atoms with Gasteiger partial charge in [-0.05, 0) is 68.2 Å². The van der Waals surface area contributed by atoms with Crippen molar-refractivity contribution >= 4 is 5.97 Å². The number of carbonyl (C=O) groups is 1. The van der Waals surface area contributed by atoms with Crippen LogP contribution in [0.5, 0.6) is 0 Å². The number of carboxylic acid groups (broad SMARTS) is 1. The maximum Gasteiger partial charge on any atom is 0.303 e. The third-order valence-corrected chi connectivity index (χ3v) is 5.42. The second kappa shape index (κ2) is 9.96. The van der Waals surface area contributed by atoms with E-state index in [4.69, 9.17) is 0 Å². The summed E-state index contributed by atoms with van der Waals surface area (Å²) in [5.74, 6) is 0.394. The molecule has 3 nitrogen and oxygen atoms in total. The molecular weight excluding hydrogens is 310 g/mol. The zero-order chi connectivity index (χ0) is 18.2. The number of rotatable bonds is 9. The first-order chi connectivity index (χ1) is 12.0. The summed E-state index contributed by atoms with van der Waals surface area (Å²) >= 11 is 0. The smallest absolute Gasteiger partial charge is 0.303 e. The first kappa shape index (κ1) is 20.0. The Labute approximate surface area is 153 Å². The van der Waals surface area contributed by atoms with E-state index >= 15 is 0 Å². The van der Waals surface area contributed by atoms with Crippen molar-refractivity contribution in [1.29, 1.82) is 0 Å². The second-order valence-corrected chi connectivity index (χ2v) is 8.07. The van der Waals surface area contributed by atoms with E-state index in [-0.39, 0.29) is 0 Å². The van der Waals surface area contributed by atoms with Gasteiger partial charge in [0.05, 0.1) is 0 Å². The van der Waals surface area contributed by atoms with Gasteiger partial charge in [0.2, 0.25) is 0 Å². The lowest BCUT2D eigenvalue weighted by Crippen LogP contribution is -2.38. The van der Waals surface area contributed by atoms with Crippen LogP contribution in [-0.2, 0) is 11.2 Å². The number of benzene rings is 1. The Morgan fingerprint density at radius 3 is 2.60 bits per heavy atom. The van der Waals surface area contributed by atoms with Crippen molar-refractivity contribution in [2.75, 3.05) is 13.1 Å². The van der Waals surface area contributed by atoms with E-state index in [1.165, 1.54) is 30.4 Å². The molecule has 2 rings (SSSR count). The minimum Gasteiger partial charge on any atom is -0.481 e. The van der Waals surface area contributed by atoms with Crippen molar-refractivity contribution < 1.29 is 9.90 Å². The number of hydrogen-bond acceptors (Lipinski definition) is 2. The fourth-order valence-corrected chi connectivity index (χ4v) is 4.03. The minimum absolute atomic E-state index is 0.305. The predicted octanol–water partition coefficient (Wildman–Crippen LogP) is 5.30. The highest BCUT2D eigenvalue weighted by atomic mass is 16.4. The number of nitrogens with zero attached hydrogens (tertiary/aromatic N) is 1. The van der Waals surface area contributed by atoms with Gasteiger partial charge in [-0.2, -0.15) is 0 Å². The zero-order valence-electron chi connectivity index (χ0n) is 16.2. The molecule has 0 amide bonds. The summed E-state index contributed by atoms with van der Waals surface area (Å²) in [6.07, 6.45) is 7.09. The van der Waals surface area contributed by atoms with Crippen molar-refractivity contribution in [3.05, 3.63) is 35.4 Å². The Kier molecular flexibility index (Phi) is 7.95. The molecule has 0 aromatic heterocycles. The third-order valence-electron chi connectivity index (χ3n) is 5.42. The van der Waals surface area contributed by atoms with Crippen LogP contribution in [0.4, 0.5) is 0 Å². The normalized spacial score (nSPS) is 21.6. The first-order valence-corrected chi connectivity index (χ1v) is 10.0. The zero-order valence-corrected chi connectivity index (χ0v) is 16.2. The monoisotopic (exact) mass is 345 g/mol. The van der Waals surface area contributed by atoms with E-state index in [0.717, 1.165) is 38.3 Å². The van der Waals surface area contributed by atoms with Crippen LogP contribution in [-0.4, -0.2) is 29.1 Å². The van der Waals surface area contributed by atoms with Gasteiger partial charge in [0.15, 0.2) is 0 Å². The Bertz CT molecular complexity index is 523. The van der Waals surface area contributed by atoms with Gasteiger partial charge >= 0.3 is 5.97 Å². The number of piperidine rings is 1. The van der Waals surface area contributed by atoms with Gasteiger partial charge in [0.1, 0.15) is 0 Å². The number of likely N-dealkylation sites (tertiary alicyclic amines) is 1. The van der Waals surface area contributed by atoms with Crippen molar-refractivity contribution in [2.24, 2.45) is 11.8 Å². The van der Waals surface area contributed by atoms with Crippen LogP contribution in [0.1, 0.15) is 76.5 Å². The van der Waals surface area contributed by atoms with Crippen molar-refractivity contribution in [3.8, 4) is 0 Å². The summed E-state index contributed by atoms with van der Waals surface area (Å²) in [5, 5.41) is 9.17. The van der Waals surface area contributed by atoms with Crippen molar-refractivity contribution in [3.63, 3.8) is 0 Å². The van der Waals surface area contributed by atoms with Gasteiger partial charge in [-0.1, -0.05) is 51.5 Å². The molecule has 1 aliphatic rings. The Morgan fingerprint density at radius 2 is 2.00 bits per heavy atom. The van der Waals surface area contributed by atoms with Gasteiger partial charge in [-0.3, -0.25) is 9.69 Å². The van der Waals surface area contributed by atoms with E-state index in [1.54, 1.807) is 0 Å². The SMILES string of the molecule is CCCc1ccc([C@@H]2C[C@H](CC(=O)O)CCN2CCCC(C)C)cc1. The average Bonchev–Trinajstić information content (AvgIpc) is 2.56. The van der Waals surface area contributed by atoms with Crippen LogP contribution in [0.25, 0.3) is 0 Å². The molecule has 1 heterocycles. The molecule has 1 fully saturated rings. The molecule has 25 heavy (non-hydrogen) atoms. The highest BCUT2D eigenvalue weighted by molar-refractivity contribution is 5.67. The number of hydrogen-bond donors (Lipinski definition) is 1. The lowest BCUT2D eigenvalue weighted by molar-refractivity contribution is -0.138. The molecule has 1 aromatic rings. The van der Waals surface area contributed by atoms with Gasteiger partial charge in [-0.15, -0.1) is 0 Å². The molecule has 140 valence electrons. The fraction of sp³-hybridized carbons (Fsp3) is 0.682. The summed E-state index contributed by atoms with van der Waals surface area (Å²) in [6, 6.07) is 9.43. The molecular formula is C22H35NO2. The van der Waals surface area contributed by atoms with Gasteiger partial charge < -0.3 is 5.11 Å². The predicted molar refractivity (Wildman–Crippen MR) is 104 cm³/mol. The highest BCUT2D eigenvalue weighted by Crippen LogP contribution is 2.36. The molecule has 1 aromatic carbocycles. The molecule has 1 saturated heterocycles. The van der Waals surface area contributed by atoms with Crippen LogP contribution < -0.4 is 0 Å². The van der Waals surface area contributed by atoms with Crippen LogP contribution in [0, 0.1) is 11.8 Å². The van der Waals surface area contributed by atoms with Crippen molar-refractivity contribution in [2.45, 2.75) is 71.8 Å². The maximum atomic E-state index is 11.1. The van der Waals surface area contributed by atoms with E-state index in [9.17, 15) is 9.90 Å². The number of aliphatic carboxylic acids is 1. The molecule has 0 bridgehead atoms. The largest absolute Gasteiger partial charge is 0.481 e. The number of aryl methyl sites for hydroxylation is 1. The van der Waals surface area contributed by atoms with E-state index in [1.807, 2.05) is 0 Å². The quantitative estimate of drug-likeness (QED) is 0.660. The standard InChI is InChI=1S/C22H35NO2/c1-4-6-18-8-10-20(11-9-18)21-15-19(16-22(24)25)12-14-23(21)13-5-7-17(2)3/h8-11,17,19,21H,4-7,12-16H2,1-3H3,(H,24,25)/t19-,21+/m1/s1. The molecule has 2 atom stereocenters. The van der Waals surface area contributed by atoms with Crippen molar-refractivity contribution in [1.82, 2.24) is 4.90 Å². The maximum absolute atomic E-state index is 11.1. The summed E-state index contributed by atoms with van der Waals surface area (Å²) in [7, 11) is 0. The van der Waals surface area contributed by atoms with E-state index < -0.39 is 5.97 Å². The minimum atomic E-state index is -0.657. The average molecular weight is 346 g/mol. The Morgan fingerprint density at radius 1 is 1.28 bits per heavy atom. The Hall–Kier alpha value is -1.35. The molecule has 0 saturated carbocycles. The lowest BCUT2D eigenvalue weighted by Gasteiger charge is -2.40. The molecule has 0 spiro atoms. The summed E-state index contributed by atoms with van der Waals surface area (Å²) in [5.41, 5.74) is 2.76. The van der Waals surface area contributed by atoms with Gasteiger partial charge in [-0.25, -0.2) is 0 Å². The fourth-order valence-electron chi connectivity index (χ4n) is 4.03. The van der Waals surface area contributed by atoms with E-state index in [2.05, 4.69) is 49.9 Å².